The van der Waals surface area contributed by atoms with Crippen LogP contribution in [-0.2, 0) is 11.3 Å². The first-order valence-corrected chi connectivity index (χ1v) is 9.10. The van der Waals surface area contributed by atoms with Gasteiger partial charge < -0.3 is 10.0 Å². The third-order valence-corrected chi connectivity index (χ3v) is 6.52. The van der Waals surface area contributed by atoms with Crippen LogP contribution in [0.25, 0.3) is 0 Å². The zero-order valence-corrected chi connectivity index (χ0v) is 13.6. The van der Waals surface area contributed by atoms with Crippen LogP contribution in [0.5, 0.6) is 0 Å². The van der Waals surface area contributed by atoms with Gasteiger partial charge in [-0.3, -0.25) is 9.69 Å². The summed E-state index contributed by atoms with van der Waals surface area (Å²) in [6.45, 7) is 5.17. The van der Waals surface area contributed by atoms with Gasteiger partial charge in [-0.2, -0.15) is 0 Å². The van der Waals surface area contributed by atoms with Gasteiger partial charge in [0, 0.05) is 50.2 Å². The zero-order chi connectivity index (χ0) is 15.2. The van der Waals surface area contributed by atoms with Gasteiger partial charge in [-0.25, -0.2) is 4.98 Å². The number of carboxylic acid groups (broad SMARTS) is 1. The lowest BCUT2D eigenvalue weighted by atomic mass is 9.81. The maximum absolute atomic E-state index is 12.0. The predicted molar refractivity (Wildman–Crippen MR) is 84.7 cm³/mol. The molecule has 4 rings (SSSR count). The van der Waals surface area contributed by atoms with E-state index in [1.807, 2.05) is 11.6 Å². The van der Waals surface area contributed by atoms with E-state index in [2.05, 4.69) is 14.8 Å². The molecule has 1 N–H and O–H groups in total. The molecular weight excluding hydrogens is 298 g/mol. The quantitative estimate of drug-likeness (QED) is 0.895. The Morgan fingerprint density at radius 1 is 1.36 bits per heavy atom. The Morgan fingerprint density at radius 2 is 2.14 bits per heavy atom. The van der Waals surface area contributed by atoms with Crippen molar-refractivity contribution >= 4 is 17.3 Å². The topological polar surface area (TPSA) is 56.7 Å². The normalized spacial score (nSPS) is 33.0. The molecule has 5 nitrogen and oxygen atoms in total. The van der Waals surface area contributed by atoms with Gasteiger partial charge >= 0.3 is 5.97 Å². The molecule has 0 radical (unpaired) electrons. The van der Waals surface area contributed by atoms with Gasteiger partial charge in [-0.15, -0.1) is 11.3 Å². The number of hydrogen-bond donors (Lipinski definition) is 1. The second kappa shape index (κ2) is 5.58. The van der Waals surface area contributed by atoms with Gasteiger partial charge in [-0.05, 0) is 18.8 Å². The molecule has 1 aliphatic carbocycles. The molecule has 0 spiro atoms. The first-order chi connectivity index (χ1) is 10.7. The molecule has 2 aliphatic heterocycles. The molecule has 1 saturated carbocycles. The standard InChI is InChI=1S/C16H23N3O2S/c20-15(21)16-10-18(6-12-2-1-3-12)7-13(16)8-19(11-16)9-14-17-4-5-22-14/h4-5,12-13H,1-3,6-11H2,(H,20,21)/t13-,16-/m0/s1. The number of rotatable bonds is 5. The summed E-state index contributed by atoms with van der Waals surface area (Å²) in [6.07, 6.45) is 5.84. The molecule has 0 bridgehead atoms. The lowest BCUT2D eigenvalue weighted by Crippen LogP contribution is -2.41. The SMILES string of the molecule is O=C(O)[C@@]12CN(Cc3nccs3)C[C@@H]1CN(CC1CCC1)C2. The van der Waals surface area contributed by atoms with Crippen LogP contribution in [0.2, 0.25) is 0 Å². The summed E-state index contributed by atoms with van der Waals surface area (Å²) in [5.74, 6) is 0.483. The minimum Gasteiger partial charge on any atom is -0.481 e. The average molecular weight is 321 g/mol. The fourth-order valence-electron chi connectivity index (χ4n) is 4.40. The van der Waals surface area contributed by atoms with Gasteiger partial charge in [0.15, 0.2) is 0 Å². The summed E-state index contributed by atoms with van der Waals surface area (Å²) in [6, 6.07) is 0. The van der Waals surface area contributed by atoms with E-state index < -0.39 is 11.4 Å². The number of aliphatic carboxylic acids is 1. The minimum atomic E-state index is -0.602. The van der Waals surface area contributed by atoms with E-state index in [0.29, 0.717) is 6.54 Å². The number of nitrogens with zero attached hydrogens (tertiary/aromatic N) is 3. The molecule has 0 aromatic carbocycles. The predicted octanol–water partition coefficient (Wildman–Crippen LogP) is 1.76. The fourth-order valence-corrected chi connectivity index (χ4v) is 5.06. The number of hydrogen-bond acceptors (Lipinski definition) is 5. The third-order valence-electron chi connectivity index (χ3n) is 5.76. The summed E-state index contributed by atoms with van der Waals surface area (Å²) >= 11 is 1.65. The maximum Gasteiger partial charge on any atom is 0.312 e. The highest BCUT2D eigenvalue weighted by Crippen LogP contribution is 2.44. The summed E-state index contributed by atoms with van der Waals surface area (Å²) < 4.78 is 0. The molecule has 0 unspecified atom stereocenters. The Hall–Kier alpha value is -0.980. The minimum absolute atomic E-state index is 0.269. The van der Waals surface area contributed by atoms with Crippen molar-refractivity contribution in [3.05, 3.63) is 16.6 Å². The Labute approximate surface area is 134 Å². The van der Waals surface area contributed by atoms with Crippen LogP contribution in [0.3, 0.4) is 0 Å². The van der Waals surface area contributed by atoms with Crippen LogP contribution in [0.4, 0.5) is 0 Å². The summed E-state index contributed by atoms with van der Waals surface area (Å²) in [5, 5.41) is 13.0. The number of thiazole rings is 1. The van der Waals surface area contributed by atoms with Gasteiger partial charge in [0.25, 0.3) is 0 Å². The van der Waals surface area contributed by atoms with Crippen LogP contribution in [0.15, 0.2) is 11.6 Å². The Balaban J connectivity index is 1.43. The largest absolute Gasteiger partial charge is 0.481 e. The molecule has 2 atom stereocenters. The smallest absolute Gasteiger partial charge is 0.312 e. The molecule has 3 aliphatic rings. The molecule has 3 fully saturated rings. The van der Waals surface area contributed by atoms with Crippen LogP contribution in [-0.4, -0.2) is 58.6 Å². The highest BCUT2D eigenvalue weighted by molar-refractivity contribution is 7.09. The first kappa shape index (κ1) is 14.6. The molecule has 1 aromatic heterocycles. The number of aromatic nitrogens is 1. The van der Waals surface area contributed by atoms with Crippen molar-refractivity contribution in [1.29, 1.82) is 0 Å². The highest BCUT2D eigenvalue weighted by Gasteiger charge is 2.57. The lowest BCUT2D eigenvalue weighted by Gasteiger charge is -2.31. The van der Waals surface area contributed by atoms with E-state index in [4.69, 9.17) is 0 Å². The second-order valence-corrected chi connectivity index (χ2v) is 8.22. The summed E-state index contributed by atoms with van der Waals surface area (Å²) in [4.78, 5) is 21.0. The van der Waals surface area contributed by atoms with Gasteiger partial charge in [0.05, 0.1) is 12.0 Å². The van der Waals surface area contributed by atoms with Crippen molar-refractivity contribution in [3.63, 3.8) is 0 Å². The van der Waals surface area contributed by atoms with Crippen molar-refractivity contribution in [2.24, 2.45) is 17.3 Å². The van der Waals surface area contributed by atoms with Crippen LogP contribution < -0.4 is 0 Å². The van der Waals surface area contributed by atoms with E-state index in [1.165, 1.54) is 19.3 Å². The van der Waals surface area contributed by atoms with Crippen molar-refractivity contribution < 1.29 is 9.90 Å². The summed E-state index contributed by atoms with van der Waals surface area (Å²) in [5.41, 5.74) is -0.555. The van der Waals surface area contributed by atoms with E-state index in [-0.39, 0.29) is 5.92 Å². The Bertz CT molecular complexity index is 546. The molecule has 120 valence electrons. The number of likely N-dealkylation sites (tertiary alicyclic amines) is 2. The third kappa shape index (κ3) is 2.47. The fraction of sp³-hybridized carbons (Fsp3) is 0.750. The first-order valence-electron chi connectivity index (χ1n) is 8.22. The highest BCUT2D eigenvalue weighted by atomic mass is 32.1. The molecule has 6 heteroatoms. The van der Waals surface area contributed by atoms with E-state index >= 15 is 0 Å². The van der Waals surface area contributed by atoms with E-state index in [0.717, 1.165) is 43.6 Å². The maximum atomic E-state index is 12.0. The molecule has 22 heavy (non-hydrogen) atoms. The summed E-state index contributed by atoms with van der Waals surface area (Å²) in [7, 11) is 0. The van der Waals surface area contributed by atoms with Crippen molar-refractivity contribution in [2.75, 3.05) is 32.7 Å². The second-order valence-electron chi connectivity index (χ2n) is 7.24. The molecule has 2 saturated heterocycles. The van der Waals surface area contributed by atoms with Crippen LogP contribution in [0, 0.1) is 17.3 Å². The van der Waals surface area contributed by atoms with Gasteiger partial charge in [-0.1, -0.05) is 6.42 Å². The van der Waals surface area contributed by atoms with Gasteiger partial charge in [0.2, 0.25) is 0 Å². The monoisotopic (exact) mass is 321 g/mol. The molecule has 0 amide bonds. The number of carbonyl (C=O) groups is 1. The number of carboxylic acids is 1. The van der Waals surface area contributed by atoms with E-state index in [1.54, 1.807) is 11.3 Å². The Kier molecular flexibility index (Phi) is 3.71. The molecule has 3 heterocycles. The van der Waals surface area contributed by atoms with Gasteiger partial charge in [0.1, 0.15) is 5.01 Å². The van der Waals surface area contributed by atoms with Crippen molar-refractivity contribution in [2.45, 2.75) is 25.8 Å². The molecule has 1 aromatic rings. The lowest BCUT2D eigenvalue weighted by molar-refractivity contribution is -0.149. The Morgan fingerprint density at radius 3 is 2.73 bits per heavy atom. The van der Waals surface area contributed by atoms with Crippen molar-refractivity contribution in [1.82, 2.24) is 14.8 Å². The molecular formula is C16H23N3O2S. The number of fused-ring (bicyclic) bond motifs is 1. The zero-order valence-electron chi connectivity index (χ0n) is 12.8. The van der Waals surface area contributed by atoms with E-state index in [9.17, 15) is 9.90 Å². The average Bonchev–Trinajstić information content (AvgIpc) is 3.08. The van der Waals surface area contributed by atoms with Crippen LogP contribution >= 0.6 is 11.3 Å². The van der Waals surface area contributed by atoms with Crippen molar-refractivity contribution in [3.8, 4) is 0 Å². The van der Waals surface area contributed by atoms with Crippen LogP contribution in [0.1, 0.15) is 24.3 Å².